The van der Waals surface area contributed by atoms with Crippen LogP contribution in [0.4, 0.5) is 5.69 Å². The van der Waals surface area contributed by atoms with Gasteiger partial charge in [0.2, 0.25) is 0 Å². The first-order valence-corrected chi connectivity index (χ1v) is 7.29. The van der Waals surface area contributed by atoms with E-state index in [2.05, 4.69) is 5.32 Å². The van der Waals surface area contributed by atoms with E-state index in [0.29, 0.717) is 11.4 Å². The molecule has 5 nitrogen and oxygen atoms in total. The smallest absolute Gasteiger partial charge is 0.347 e. The maximum absolute atomic E-state index is 11.8. The first-order valence-electron chi connectivity index (χ1n) is 7.29. The molecule has 0 bridgehead atoms. The molecular formula is C18H19NO4. The van der Waals surface area contributed by atoms with Crippen LogP contribution in [0.25, 0.3) is 0 Å². The van der Waals surface area contributed by atoms with E-state index in [1.165, 1.54) is 0 Å². The maximum atomic E-state index is 11.8. The van der Waals surface area contributed by atoms with Crippen molar-refractivity contribution in [2.45, 2.75) is 20.0 Å². The van der Waals surface area contributed by atoms with Gasteiger partial charge in [0.05, 0.1) is 0 Å². The largest absolute Gasteiger partial charge is 0.479 e. The maximum Gasteiger partial charge on any atom is 0.347 e. The van der Waals surface area contributed by atoms with Gasteiger partial charge in [0.25, 0.3) is 5.91 Å². The average Bonchev–Trinajstić information content (AvgIpc) is 2.53. The van der Waals surface area contributed by atoms with Crippen LogP contribution in [0.1, 0.15) is 12.5 Å². The number of carbonyl (C=O) groups excluding carboxylic acids is 2. The number of amides is 1. The summed E-state index contributed by atoms with van der Waals surface area (Å²) < 4.78 is 10.4. The second-order valence-electron chi connectivity index (χ2n) is 5.10. The van der Waals surface area contributed by atoms with E-state index in [1.54, 1.807) is 25.1 Å². The third kappa shape index (κ3) is 5.47. The number of benzene rings is 2. The summed E-state index contributed by atoms with van der Waals surface area (Å²) in [7, 11) is 0. The van der Waals surface area contributed by atoms with E-state index < -0.39 is 18.0 Å². The lowest BCUT2D eigenvalue weighted by molar-refractivity contribution is -0.153. The predicted octanol–water partition coefficient (Wildman–Crippen LogP) is 2.94. The monoisotopic (exact) mass is 313 g/mol. The topological polar surface area (TPSA) is 64.6 Å². The van der Waals surface area contributed by atoms with Gasteiger partial charge in [-0.25, -0.2) is 4.79 Å². The fraction of sp³-hybridized carbons (Fsp3) is 0.222. The molecule has 0 aromatic heterocycles. The minimum atomic E-state index is -0.788. The number of para-hydroxylation sites is 1. The molecule has 0 radical (unpaired) electrons. The molecule has 1 amide bonds. The highest BCUT2D eigenvalue weighted by molar-refractivity contribution is 5.93. The van der Waals surface area contributed by atoms with Crippen LogP contribution in [0.3, 0.4) is 0 Å². The number of hydrogen-bond acceptors (Lipinski definition) is 4. The number of anilines is 1. The molecule has 0 fully saturated rings. The Labute approximate surface area is 135 Å². The molecule has 1 atom stereocenters. The summed E-state index contributed by atoms with van der Waals surface area (Å²) in [5, 5.41) is 2.67. The van der Waals surface area contributed by atoms with Crippen LogP contribution in [0.15, 0.2) is 54.6 Å². The Kier molecular flexibility index (Phi) is 5.74. The van der Waals surface area contributed by atoms with Crippen molar-refractivity contribution in [3.8, 4) is 5.75 Å². The number of aryl methyl sites for hydroxylation is 1. The van der Waals surface area contributed by atoms with Gasteiger partial charge in [0.1, 0.15) is 5.75 Å². The molecule has 0 aliphatic heterocycles. The molecule has 0 aliphatic rings. The Morgan fingerprint density at radius 3 is 2.52 bits per heavy atom. The Bertz CT molecular complexity index is 670. The molecule has 2 aromatic rings. The lowest BCUT2D eigenvalue weighted by Gasteiger charge is -2.14. The second-order valence-corrected chi connectivity index (χ2v) is 5.10. The van der Waals surface area contributed by atoms with E-state index in [4.69, 9.17) is 9.47 Å². The van der Waals surface area contributed by atoms with Crippen LogP contribution in [-0.2, 0) is 14.3 Å². The van der Waals surface area contributed by atoms with Crippen molar-refractivity contribution < 1.29 is 19.1 Å². The normalized spacial score (nSPS) is 11.4. The zero-order chi connectivity index (χ0) is 16.7. The molecule has 23 heavy (non-hydrogen) atoms. The van der Waals surface area contributed by atoms with Gasteiger partial charge in [0.15, 0.2) is 12.7 Å². The van der Waals surface area contributed by atoms with E-state index in [1.807, 2.05) is 43.3 Å². The van der Waals surface area contributed by atoms with Crippen LogP contribution in [0.5, 0.6) is 5.75 Å². The number of carbonyl (C=O) groups is 2. The predicted molar refractivity (Wildman–Crippen MR) is 87.3 cm³/mol. The van der Waals surface area contributed by atoms with Gasteiger partial charge in [0, 0.05) is 5.69 Å². The number of rotatable bonds is 6. The summed E-state index contributed by atoms with van der Waals surface area (Å²) in [5.74, 6) is -0.412. The quantitative estimate of drug-likeness (QED) is 0.833. The van der Waals surface area contributed by atoms with Crippen LogP contribution in [0.2, 0.25) is 0 Å². The Balaban J connectivity index is 1.78. The van der Waals surface area contributed by atoms with Crippen molar-refractivity contribution in [2.24, 2.45) is 0 Å². The van der Waals surface area contributed by atoms with Crippen molar-refractivity contribution in [1.29, 1.82) is 0 Å². The molecule has 5 heteroatoms. The van der Waals surface area contributed by atoms with Crippen molar-refractivity contribution in [3.63, 3.8) is 0 Å². The SMILES string of the molecule is Cc1cccc(NC(=O)COC(=O)[C@@H](C)Oc2ccccc2)c1. The molecule has 0 saturated carbocycles. The first-order chi connectivity index (χ1) is 11.0. The van der Waals surface area contributed by atoms with Gasteiger partial charge < -0.3 is 14.8 Å². The van der Waals surface area contributed by atoms with Crippen molar-refractivity contribution in [1.82, 2.24) is 0 Å². The third-order valence-electron chi connectivity index (χ3n) is 3.04. The van der Waals surface area contributed by atoms with E-state index >= 15 is 0 Å². The Morgan fingerprint density at radius 2 is 1.83 bits per heavy atom. The molecule has 2 aromatic carbocycles. The lowest BCUT2D eigenvalue weighted by Crippen LogP contribution is -2.29. The summed E-state index contributed by atoms with van der Waals surface area (Å²) in [6.45, 7) is 3.15. The molecule has 0 unspecified atom stereocenters. The van der Waals surface area contributed by atoms with Gasteiger partial charge in [-0.05, 0) is 43.7 Å². The summed E-state index contributed by atoms with van der Waals surface area (Å²) in [5.41, 5.74) is 1.70. The van der Waals surface area contributed by atoms with Crippen LogP contribution in [-0.4, -0.2) is 24.6 Å². The Hall–Kier alpha value is -2.82. The summed E-state index contributed by atoms with van der Waals surface area (Å²) in [6, 6.07) is 16.3. The highest BCUT2D eigenvalue weighted by atomic mass is 16.6. The summed E-state index contributed by atoms with van der Waals surface area (Å²) in [6.07, 6.45) is -0.788. The molecule has 1 N–H and O–H groups in total. The summed E-state index contributed by atoms with van der Waals surface area (Å²) in [4.78, 5) is 23.6. The van der Waals surface area contributed by atoms with Gasteiger partial charge in [-0.15, -0.1) is 0 Å². The van der Waals surface area contributed by atoms with Gasteiger partial charge >= 0.3 is 5.97 Å². The van der Waals surface area contributed by atoms with Crippen LogP contribution >= 0.6 is 0 Å². The number of esters is 1. The second kappa shape index (κ2) is 7.98. The minimum Gasteiger partial charge on any atom is -0.479 e. The third-order valence-corrected chi connectivity index (χ3v) is 3.04. The zero-order valence-electron chi connectivity index (χ0n) is 13.1. The van der Waals surface area contributed by atoms with E-state index in [-0.39, 0.29) is 6.61 Å². The standard InChI is InChI=1S/C18H19NO4/c1-13-7-6-8-15(11-13)19-17(20)12-22-18(21)14(2)23-16-9-4-3-5-10-16/h3-11,14H,12H2,1-2H3,(H,19,20)/t14-/m1/s1. The first kappa shape index (κ1) is 16.5. The molecule has 0 spiro atoms. The fourth-order valence-corrected chi connectivity index (χ4v) is 1.93. The molecule has 2 rings (SSSR count). The molecule has 120 valence electrons. The minimum absolute atomic E-state index is 0.352. The van der Waals surface area contributed by atoms with E-state index in [0.717, 1.165) is 5.56 Å². The average molecular weight is 313 g/mol. The number of nitrogens with one attached hydrogen (secondary N) is 1. The number of hydrogen-bond donors (Lipinski definition) is 1. The fourth-order valence-electron chi connectivity index (χ4n) is 1.93. The number of ether oxygens (including phenoxy) is 2. The summed E-state index contributed by atoms with van der Waals surface area (Å²) >= 11 is 0. The van der Waals surface area contributed by atoms with E-state index in [9.17, 15) is 9.59 Å². The molecule has 0 aliphatic carbocycles. The van der Waals surface area contributed by atoms with Crippen molar-refractivity contribution in [3.05, 3.63) is 60.2 Å². The van der Waals surface area contributed by atoms with Gasteiger partial charge in [-0.2, -0.15) is 0 Å². The highest BCUT2D eigenvalue weighted by Crippen LogP contribution is 2.12. The van der Waals surface area contributed by atoms with Crippen molar-refractivity contribution >= 4 is 17.6 Å². The zero-order valence-corrected chi connectivity index (χ0v) is 13.1. The molecule has 0 saturated heterocycles. The lowest BCUT2D eigenvalue weighted by atomic mass is 10.2. The van der Waals surface area contributed by atoms with Crippen LogP contribution in [0, 0.1) is 6.92 Å². The Morgan fingerprint density at radius 1 is 1.09 bits per heavy atom. The van der Waals surface area contributed by atoms with Crippen molar-refractivity contribution in [2.75, 3.05) is 11.9 Å². The van der Waals surface area contributed by atoms with Gasteiger partial charge in [-0.3, -0.25) is 4.79 Å². The highest BCUT2D eigenvalue weighted by Gasteiger charge is 2.17. The van der Waals surface area contributed by atoms with Gasteiger partial charge in [-0.1, -0.05) is 30.3 Å². The molecule has 0 heterocycles. The molecular weight excluding hydrogens is 294 g/mol. The van der Waals surface area contributed by atoms with Crippen LogP contribution < -0.4 is 10.1 Å².